The van der Waals surface area contributed by atoms with Gasteiger partial charge in [-0.2, -0.15) is 0 Å². The van der Waals surface area contributed by atoms with E-state index in [1.165, 1.54) is 0 Å². The summed E-state index contributed by atoms with van der Waals surface area (Å²) in [6.07, 6.45) is 2.49. The molecule has 2 unspecified atom stereocenters. The number of rotatable bonds is 5. The van der Waals surface area contributed by atoms with Gasteiger partial charge in [0.05, 0.1) is 16.8 Å². The Morgan fingerprint density at radius 1 is 0.914 bits per heavy atom. The summed E-state index contributed by atoms with van der Waals surface area (Å²) in [5.74, 6) is 0.646. The molecule has 35 heavy (non-hydrogen) atoms. The Bertz CT molecular complexity index is 1300. The van der Waals surface area contributed by atoms with Crippen molar-refractivity contribution in [1.82, 2.24) is 5.16 Å². The highest BCUT2D eigenvalue weighted by Crippen LogP contribution is 2.36. The van der Waals surface area contributed by atoms with Crippen molar-refractivity contribution in [3.63, 3.8) is 0 Å². The van der Waals surface area contributed by atoms with Crippen LogP contribution in [-0.2, 0) is 17.6 Å². The summed E-state index contributed by atoms with van der Waals surface area (Å²) in [6, 6.07) is 19.9. The number of fused-ring (bicyclic) bond motifs is 1. The molecule has 0 radical (unpaired) electrons. The molecular weight excluding hydrogens is 440 g/mol. The van der Waals surface area contributed by atoms with Gasteiger partial charge < -0.3 is 9.63 Å². The van der Waals surface area contributed by atoms with E-state index in [0.29, 0.717) is 60.4 Å². The van der Waals surface area contributed by atoms with Crippen molar-refractivity contribution in [2.45, 2.75) is 50.4 Å². The molecule has 2 aromatic carbocycles. The number of Topliss-reactive ketones (excluding diaryl/α,β-unsaturated/α-hetero) is 2. The summed E-state index contributed by atoms with van der Waals surface area (Å²) in [7, 11) is 1.65. The molecule has 1 fully saturated rings. The van der Waals surface area contributed by atoms with E-state index in [0.717, 1.165) is 11.1 Å². The summed E-state index contributed by atoms with van der Waals surface area (Å²) in [5.41, 5.74) is 4.23. The Morgan fingerprint density at radius 3 is 2.14 bits per heavy atom. The zero-order chi connectivity index (χ0) is 24.4. The predicted octanol–water partition coefficient (Wildman–Crippen LogP) is 5.55. The molecule has 1 saturated carbocycles. The third kappa shape index (κ3) is 4.61. The number of benzene rings is 2. The molecule has 1 heterocycles. The van der Waals surface area contributed by atoms with Gasteiger partial charge in [0, 0.05) is 44.9 Å². The van der Waals surface area contributed by atoms with Crippen LogP contribution < -0.4 is 0 Å². The number of aryl methyl sites for hydroxylation is 1. The van der Waals surface area contributed by atoms with E-state index >= 15 is 0 Å². The quantitative estimate of drug-likeness (QED) is 0.391. The highest BCUT2D eigenvalue weighted by molar-refractivity contribution is 6.24. The van der Waals surface area contributed by atoms with Crippen LogP contribution >= 0.6 is 0 Å². The van der Waals surface area contributed by atoms with E-state index in [2.05, 4.69) is 10.1 Å². The maximum Gasteiger partial charge on any atom is 0.168 e. The molecule has 6 nitrogen and oxygen atoms in total. The number of ketones is 2. The zero-order valence-electron chi connectivity index (χ0n) is 19.7. The number of hydrogen-bond donors (Lipinski definition) is 1. The highest BCUT2D eigenvalue weighted by Gasteiger charge is 2.34. The van der Waals surface area contributed by atoms with Gasteiger partial charge in [0.1, 0.15) is 11.5 Å². The molecule has 5 rings (SSSR count). The summed E-state index contributed by atoms with van der Waals surface area (Å²) >= 11 is 0. The lowest BCUT2D eigenvalue weighted by molar-refractivity contribution is -0.116. The van der Waals surface area contributed by atoms with Crippen molar-refractivity contribution in [1.29, 1.82) is 0 Å². The number of carbonyl (C=O) groups excluding carboxylic acids is 2. The largest absolute Gasteiger partial charge is 0.511 e. The number of allylic oxidation sites excluding steroid dienone is 2. The average Bonchev–Trinajstić information content (AvgIpc) is 3.31. The molecule has 3 aromatic rings. The smallest absolute Gasteiger partial charge is 0.168 e. The third-order valence-corrected chi connectivity index (χ3v) is 7.11. The number of aromatic nitrogens is 1. The van der Waals surface area contributed by atoms with Gasteiger partial charge in [-0.3, -0.25) is 14.6 Å². The Balaban J connectivity index is 1.31. The maximum absolute atomic E-state index is 13.0. The molecule has 0 aliphatic heterocycles. The van der Waals surface area contributed by atoms with Gasteiger partial charge in [-0.15, -0.1) is 0 Å². The second-order valence-corrected chi connectivity index (χ2v) is 9.30. The van der Waals surface area contributed by atoms with Crippen LogP contribution in [0.1, 0.15) is 70.5 Å². The normalized spacial score (nSPS) is 22.8. The topological polar surface area (TPSA) is 92.8 Å². The van der Waals surface area contributed by atoms with E-state index in [1.54, 1.807) is 7.05 Å². The Kier molecular flexibility index (Phi) is 6.45. The first kappa shape index (κ1) is 23.0. The Morgan fingerprint density at radius 2 is 1.51 bits per heavy atom. The fraction of sp³-hybridized carbons (Fsp3) is 0.310. The lowest BCUT2D eigenvalue weighted by Crippen LogP contribution is -2.26. The van der Waals surface area contributed by atoms with Gasteiger partial charge in [-0.25, -0.2) is 0 Å². The van der Waals surface area contributed by atoms with Crippen LogP contribution in [0.2, 0.25) is 0 Å². The summed E-state index contributed by atoms with van der Waals surface area (Å²) < 4.78 is 5.55. The zero-order valence-corrected chi connectivity index (χ0v) is 19.7. The average molecular weight is 469 g/mol. The molecule has 178 valence electrons. The molecule has 0 bridgehead atoms. The van der Waals surface area contributed by atoms with E-state index < -0.39 is 0 Å². The standard InChI is InChI=1S/C29H28N2O4/c1-30-23-14-20(18-8-4-2-5-9-18)15-25(33)28(23)24(32)13-12-22-29-26(34)16-21(17-27(29)35-31-22)19-10-6-3-7-11-19/h2-11,20-21,32H,12-17H2,1H3/b28-24+,30-23?. The molecule has 0 spiro atoms. The minimum Gasteiger partial charge on any atom is -0.511 e. The van der Waals surface area contributed by atoms with E-state index in [9.17, 15) is 14.7 Å². The number of aliphatic imine (C=N–C) groups is 1. The van der Waals surface area contributed by atoms with Gasteiger partial charge in [0.15, 0.2) is 11.6 Å². The second kappa shape index (κ2) is 9.82. The number of nitrogens with zero attached hydrogens (tertiary/aromatic N) is 2. The molecule has 0 amide bonds. The summed E-state index contributed by atoms with van der Waals surface area (Å²) in [5, 5.41) is 15.1. The van der Waals surface area contributed by atoms with Crippen LogP contribution in [-0.4, -0.2) is 34.6 Å². The molecule has 2 aliphatic rings. The second-order valence-electron chi connectivity index (χ2n) is 9.30. The minimum absolute atomic E-state index is 0.00396. The molecule has 6 heteroatoms. The molecule has 2 atom stereocenters. The van der Waals surface area contributed by atoms with E-state index in [-0.39, 0.29) is 35.6 Å². The first-order valence-corrected chi connectivity index (χ1v) is 12.1. The van der Waals surface area contributed by atoms with E-state index in [4.69, 9.17) is 4.52 Å². The number of carbonyl (C=O) groups is 2. The van der Waals surface area contributed by atoms with Crippen LogP contribution in [0.4, 0.5) is 0 Å². The van der Waals surface area contributed by atoms with Crippen LogP contribution in [0, 0.1) is 0 Å². The van der Waals surface area contributed by atoms with Crippen molar-refractivity contribution in [3.8, 4) is 0 Å². The minimum atomic E-state index is -0.104. The van der Waals surface area contributed by atoms with Gasteiger partial charge in [0.2, 0.25) is 0 Å². The molecule has 1 aromatic heterocycles. The van der Waals surface area contributed by atoms with Gasteiger partial charge in [-0.05, 0) is 29.4 Å². The lowest BCUT2D eigenvalue weighted by Gasteiger charge is -2.25. The highest BCUT2D eigenvalue weighted by atomic mass is 16.5. The number of aliphatic hydroxyl groups is 1. The molecule has 0 saturated heterocycles. The van der Waals surface area contributed by atoms with Crippen molar-refractivity contribution in [3.05, 3.63) is 100 Å². The fourth-order valence-corrected chi connectivity index (χ4v) is 5.32. The fourth-order valence-electron chi connectivity index (χ4n) is 5.32. The third-order valence-electron chi connectivity index (χ3n) is 7.11. The summed E-state index contributed by atoms with van der Waals surface area (Å²) in [4.78, 5) is 30.3. The first-order valence-electron chi connectivity index (χ1n) is 12.1. The number of aliphatic hydroxyl groups excluding tert-OH is 1. The van der Waals surface area contributed by atoms with Crippen molar-refractivity contribution in [2.24, 2.45) is 4.99 Å². The van der Waals surface area contributed by atoms with Gasteiger partial charge in [-0.1, -0.05) is 65.8 Å². The van der Waals surface area contributed by atoms with Crippen molar-refractivity contribution < 1.29 is 19.2 Å². The first-order chi connectivity index (χ1) is 17.0. The van der Waals surface area contributed by atoms with Gasteiger partial charge in [0.25, 0.3) is 0 Å². The summed E-state index contributed by atoms with van der Waals surface area (Å²) in [6.45, 7) is 0. The SMILES string of the molecule is CN=C1CC(c2ccccc2)CC(=O)/C1=C(/O)CCc1noc2c1C(=O)CC(c1ccccc1)C2. The van der Waals surface area contributed by atoms with Crippen LogP contribution in [0.25, 0.3) is 0 Å². The Hall–Kier alpha value is -3.80. The Labute approximate surface area is 204 Å². The van der Waals surface area contributed by atoms with Crippen LogP contribution in [0.3, 0.4) is 0 Å². The maximum atomic E-state index is 13.0. The van der Waals surface area contributed by atoms with Crippen molar-refractivity contribution in [2.75, 3.05) is 7.05 Å². The van der Waals surface area contributed by atoms with Crippen LogP contribution in [0.5, 0.6) is 0 Å². The molecule has 2 aliphatic carbocycles. The monoisotopic (exact) mass is 468 g/mol. The number of hydrogen-bond acceptors (Lipinski definition) is 6. The van der Waals surface area contributed by atoms with E-state index in [1.807, 2.05) is 60.7 Å². The molecular formula is C29H28N2O4. The molecule has 1 N–H and O–H groups in total. The van der Waals surface area contributed by atoms with Crippen molar-refractivity contribution >= 4 is 17.3 Å². The lowest BCUT2D eigenvalue weighted by atomic mass is 9.78. The van der Waals surface area contributed by atoms with Crippen LogP contribution in [0.15, 0.2) is 81.5 Å². The van der Waals surface area contributed by atoms with Gasteiger partial charge >= 0.3 is 0 Å². The predicted molar refractivity (Wildman–Crippen MR) is 133 cm³/mol.